The number of aromatic nitrogens is 1. The topological polar surface area (TPSA) is 54.0 Å². The van der Waals surface area contributed by atoms with Gasteiger partial charge < -0.3 is 10.6 Å². The number of carbonyl (C=O) groups is 1. The Morgan fingerprint density at radius 3 is 2.50 bits per heavy atom. The number of hydrogen-bond acceptors (Lipinski definition) is 3. The summed E-state index contributed by atoms with van der Waals surface area (Å²) in [5.41, 5.74) is 1.56. The fourth-order valence-corrected chi connectivity index (χ4v) is 3.29. The molecule has 1 aliphatic carbocycles. The summed E-state index contributed by atoms with van der Waals surface area (Å²) in [6, 6.07) is 8.52. The fraction of sp³-hybridized carbons (Fsp3) is 0.368. The van der Waals surface area contributed by atoms with Crippen LogP contribution in [-0.4, -0.2) is 23.0 Å². The Morgan fingerprint density at radius 2 is 1.85 bits per heavy atom. The molecule has 2 aromatic rings. The lowest BCUT2D eigenvalue weighted by Gasteiger charge is -2.30. The van der Waals surface area contributed by atoms with Gasteiger partial charge in [-0.1, -0.05) is 11.6 Å². The summed E-state index contributed by atoms with van der Waals surface area (Å²) in [6.45, 7) is 2.04. The van der Waals surface area contributed by atoms with Crippen LogP contribution in [0, 0.1) is 12.7 Å². The van der Waals surface area contributed by atoms with Crippen LogP contribution in [0.1, 0.15) is 41.6 Å². The van der Waals surface area contributed by atoms with Crippen LogP contribution < -0.4 is 10.6 Å². The summed E-state index contributed by atoms with van der Waals surface area (Å²) in [5.74, 6) is 0.168. The largest absolute Gasteiger partial charge is 0.367 e. The molecule has 1 aliphatic rings. The number of hydrogen-bond donors (Lipinski definition) is 2. The summed E-state index contributed by atoms with van der Waals surface area (Å²) in [7, 11) is 0. The van der Waals surface area contributed by atoms with Gasteiger partial charge in [0.1, 0.15) is 11.6 Å². The van der Waals surface area contributed by atoms with Gasteiger partial charge in [0.15, 0.2) is 0 Å². The second kappa shape index (κ2) is 9.19. The molecule has 0 saturated heterocycles. The van der Waals surface area contributed by atoms with Crippen LogP contribution in [0.15, 0.2) is 36.5 Å². The van der Waals surface area contributed by atoms with E-state index in [-0.39, 0.29) is 29.4 Å². The van der Waals surface area contributed by atoms with Gasteiger partial charge in [0, 0.05) is 23.8 Å². The number of halogens is 3. The molecule has 7 heteroatoms. The zero-order chi connectivity index (χ0) is 17.8. The predicted octanol–water partition coefficient (Wildman–Crippen LogP) is 4.76. The number of aryl methyl sites for hydroxylation is 1. The molecule has 0 spiro atoms. The van der Waals surface area contributed by atoms with Crippen molar-refractivity contribution in [3.05, 3.63) is 58.5 Å². The van der Waals surface area contributed by atoms with Crippen molar-refractivity contribution in [2.45, 2.75) is 44.7 Å². The molecule has 140 valence electrons. The van der Waals surface area contributed by atoms with Gasteiger partial charge in [0.25, 0.3) is 5.91 Å². The minimum absolute atomic E-state index is 0. The van der Waals surface area contributed by atoms with Crippen molar-refractivity contribution < 1.29 is 9.18 Å². The van der Waals surface area contributed by atoms with Crippen molar-refractivity contribution in [1.29, 1.82) is 0 Å². The van der Waals surface area contributed by atoms with E-state index < -0.39 is 5.82 Å². The van der Waals surface area contributed by atoms with Gasteiger partial charge in [0.05, 0.1) is 5.02 Å². The first-order chi connectivity index (χ1) is 12.0. The molecule has 1 amide bonds. The van der Waals surface area contributed by atoms with Crippen molar-refractivity contribution >= 4 is 35.7 Å². The van der Waals surface area contributed by atoms with E-state index in [0.29, 0.717) is 11.6 Å². The molecule has 1 aromatic heterocycles. The third-order valence-electron chi connectivity index (χ3n) is 4.51. The standard InChI is InChI=1S/C19H21ClFN3O.ClH/c1-12-8-9-22-18(10-12)23-14-3-5-15(6-4-14)24-19(25)13-2-7-17(21)16(20)11-13;/h2,7-11,14-15H,3-6H2,1H3,(H,22,23)(H,24,25);1H. The van der Waals surface area contributed by atoms with Crippen LogP contribution in [0.4, 0.5) is 10.2 Å². The molecular weight excluding hydrogens is 376 g/mol. The van der Waals surface area contributed by atoms with E-state index in [0.717, 1.165) is 31.5 Å². The number of benzene rings is 1. The SMILES string of the molecule is Cc1ccnc(NC2CCC(NC(=O)c3ccc(F)c(Cl)c3)CC2)c1.Cl. The minimum atomic E-state index is -0.519. The first kappa shape index (κ1) is 20.5. The predicted molar refractivity (Wildman–Crippen MR) is 105 cm³/mol. The Kier molecular flexibility index (Phi) is 7.23. The molecule has 0 bridgehead atoms. The molecule has 4 nitrogen and oxygen atoms in total. The molecule has 2 N–H and O–H groups in total. The fourth-order valence-electron chi connectivity index (χ4n) is 3.11. The van der Waals surface area contributed by atoms with E-state index in [1.165, 1.54) is 23.8 Å². The number of rotatable bonds is 4. The van der Waals surface area contributed by atoms with E-state index in [4.69, 9.17) is 11.6 Å². The first-order valence-corrected chi connectivity index (χ1v) is 8.84. The summed E-state index contributed by atoms with van der Waals surface area (Å²) < 4.78 is 13.2. The van der Waals surface area contributed by atoms with Crippen LogP contribution in [0.5, 0.6) is 0 Å². The highest BCUT2D eigenvalue weighted by atomic mass is 35.5. The zero-order valence-electron chi connectivity index (χ0n) is 14.5. The third-order valence-corrected chi connectivity index (χ3v) is 4.80. The normalized spacial score (nSPS) is 19.3. The molecular formula is C19H22Cl2FN3O. The molecule has 1 fully saturated rings. The lowest BCUT2D eigenvalue weighted by Crippen LogP contribution is -2.40. The van der Waals surface area contributed by atoms with Crippen LogP contribution in [0.3, 0.4) is 0 Å². The Labute approximate surface area is 164 Å². The monoisotopic (exact) mass is 397 g/mol. The smallest absolute Gasteiger partial charge is 0.251 e. The average Bonchev–Trinajstić information content (AvgIpc) is 2.59. The number of nitrogens with zero attached hydrogens (tertiary/aromatic N) is 1. The molecule has 0 radical (unpaired) electrons. The number of nitrogens with one attached hydrogen (secondary N) is 2. The van der Waals surface area contributed by atoms with Crippen molar-refractivity contribution in [3.8, 4) is 0 Å². The number of anilines is 1. The first-order valence-electron chi connectivity index (χ1n) is 8.46. The maximum atomic E-state index is 13.2. The van der Waals surface area contributed by atoms with Gasteiger partial charge in [-0.15, -0.1) is 12.4 Å². The number of pyridine rings is 1. The maximum absolute atomic E-state index is 13.2. The second-order valence-corrected chi connectivity index (χ2v) is 6.92. The van der Waals surface area contributed by atoms with Gasteiger partial charge >= 0.3 is 0 Å². The van der Waals surface area contributed by atoms with Gasteiger partial charge in [0.2, 0.25) is 0 Å². The van der Waals surface area contributed by atoms with Crippen LogP contribution in [0.25, 0.3) is 0 Å². The van der Waals surface area contributed by atoms with E-state index in [2.05, 4.69) is 15.6 Å². The highest BCUT2D eigenvalue weighted by Crippen LogP contribution is 2.23. The molecule has 3 rings (SSSR count). The van der Waals surface area contributed by atoms with Crippen molar-refractivity contribution in [2.24, 2.45) is 0 Å². The van der Waals surface area contributed by atoms with Crippen LogP contribution >= 0.6 is 24.0 Å². The van der Waals surface area contributed by atoms with Crippen LogP contribution in [-0.2, 0) is 0 Å². The molecule has 26 heavy (non-hydrogen) atoms. The molecule has 1 saturated carbocycles. The van der Waals surface area contributed by atoms with E-state index in [1.807, 2.05) is 19.1 Å². The van der Waals surface area contributed by atoms with Crippen molar-refractivity contribution in [1.82, 2.24) is 10.3 Å². The molecule has 0 unspecified atom stereocenters. The lowest BCUT2D eigenvalue weighted by atomic mass is 9.91. The zero-order valence-corrected chi connectivity index (χ0v) is 16.0. The Hall–Kier alpha value is -1.85. The average molecular weight is 398 g/mol. The van der Waals surface area contributed by atoms with Gasteiger partial charge in [-0.3, -0.25) is 4.79 Å². The summed E-state index contributed by atoms with van der Waals surface area (Å²) in [4.78, 5) is 16.6. The second-order valence-electron chi connectivity index (χ2n) is 6.51. The highest BCUT2D eigenvalue weighted by molar-refractivity contribution is 6.31. The van der Waals surface area contributed by atoms with E-state index in [9.17, 15) is 9.18 Å². The minimum Gasteiger partial charge on any atom is -0.367 e. The molecule has 1 heterocycles. The quantitative estimate of drug-likeness (QED) is 0.781. The van der Waals surface area contributed by atoms with Gasteiger partial charge in [-0.2, -0.15) is 0 Å². The number of amides is 1. The summed E-state index contributed by atoms with van der Waals surface area (Å²) in [6.07, 6.45) is 5.52. The van der Waals surface area contributed by atoms with Crippen molar-refractivity contribution in [2.75, 3.05) is 5.32 Å². The maximum Gasteiger partial charge on any atom is 0.251 e. The molecule has 0 aliphatic heterocycles. The molecule has 0 atom stereocenters. The lowest BCUT2D eigenvalue weighted by molar-refractivity contribution is 0.0926. The summed E-state index contributed by atoms with van der Waals surface area (Å²) >= 11 is 5.74. The number of carbonyl (C=O) groups excluding carboxylic acids is 1. The molecule has 1 aromatic carbocycles. The van der Waals surface area contributed by atoms with Gasteiger partial charge in [-0.25, -0.2) is 9.37 Å². The Balaban J connectivity index is 0.00000243. The summed E-state index contributed by atoms with van der Waals surface area (Å²) in [5, 5.41) is 6.43. The third kappa shape index (κ3) is 5.32. The Bertz CT molecular complexity index is 764. The van der Waals surface area contributed by atoms with Gasteiger partial charge in [-0.05, 0) is 68.5 Å². The van der Waals surface area contributed by atoms with Crippen molar-refractivity contribution in [3.63, 3.8) is 0 Å². The highest BCUT2D eigenvalue weighted by Gasteiger charge is 2.23. The van der Waals surface area contributed by atoms with E-state index in [1.54, 1.807) is 6.20 Å². The Morgan fingerprint density at radius 1 is 1.15 bits per heavy atom. The van der Waals surface area contributed by atoms with E-state index >= 15 is 0 Å². The van der Waals surface area contributed by atoms with Crippen LogP contribution in [0.2, 0.25) is 5.02 Å².